The van der Waals surface area contributed by atoms with E-state index >= 15 is 0 Å². The Kier molecular flexibility index (Phi) is 7.29. The quantitative estimate of drug-likeness (QED) is 0.162. The maximum Gasteiger partial charge on any atom is 0.128 e. The van der Waals surface area contributed by atoms with Gasteiger partial charge >= 0.3 is 0 Å². The van der Waals surface area contributed by atoms with Crippen molar-refractivity contribution in [1.29, 1.82) is 0 Å². The van der Waals surface area contributed by atoms with Gasteiger partial charge in [-0.25, -0.2) is 0 Å². The summed E-state index contributed by atoms with van der Waals surface area (Å²) < 4.78 is 6.83. The summed E-state index contributed by atoms with van der Waals surface area (Å²) >= 11 is 0. The Balaban J connectivity index is 0.804. The van der Waals surface area contributed by atoms with Gasteiger partial charge in [0.25, 0.3) is 0 Å². The molecule has 0 radical (unpaired) electrons. The van der Waals surface area contributed by atoms with Crippen molar-refractivity contribution in [3.05, 3.63) is 230 Å². The molecule has 1 aliphatic carbocycles. The fourth-order valence-corrected chi connectivity index (χ4v) is 11.1. The predicted molar refractivity (Wildman–Crippen MR) is 268 cm³/mol. The van der Waals surface area contributed by atoms with E-state index in [1.54, 1.807) is 0 Å². The maximum atomic E-state index is 6.83. The lowest BCUT2D eigenvalue weighted by atomic mass is 9.84. The number of ether oxygens (including phenoxy) is 1. The van der Waals surface area contributed by atoms with Gasteiger partial charge in [-0.15, -0.1) is 0 Å². The van der Waals surface area contributed by atoms with Crippen LogP contribution < -0.4 is 4.74 Å². The third-order valence-electron chi connectivity index (χ3n) is 14.1. The molecule has 0 spiro atoms. The van der Waals surface area contributed by atoms with Crippen LogP contribution in [0.15, 0.2) is 218 Å². The van der Waals surface area contributed by atoms with Crippen LogP contribution in [0.5, 0.6) is 5.75 Å². The van der Waals surface area contributed by atoms with E-state index in [9.17, 15) is 0 Å². The highest BCUT2D eigenvalue weighted by molar-refractivity contribution is 6.29. The van der Waals surface area contributed by atoms with E-state index in [2.05, 4.69) is 218 Å². The zero-order valence-electron chi connectivity index (χ0n) is 34.3. The molecule has 14 rings (SSSR count). The Morgan fingerprint density at radius 3 is 1.71 bits per heavy atom. The first-order valence-electron chi connectivity index (χ1n) is 22.0. The van der Waals surface area contributed by atoms with E-state index in [0.717, 1.165) is 5.75 Å². The number of allylic oxidation sites excluding steroid dienone is 2. The molecule has 1 heterocycles. The van der Waals surface area contributed by atoms with E-state index in [-0.39, 0.29) is 12.0 Å². The fraction of sp³-hybridized carbons (Fsp3) is 0.0323. The monoisotopic (exact) mass is 798 g/mol. The fourth-order valence-electron chi connectivity index (χ4n) is 11.1. The second-order valence-electron chi connectivity index (χ2n) is 17.5. The molecular weight excluding hydrogens is 761 g/mol. The summed E-state index contributed by atoms with van der Waals surface area (Å²) in [5.74, 6) is 1.16. The zero-order valence-corrected chi connectivity index (χ0v) is 34.3. The molecule has 63 heavy (non-hydrogen) atoms. The van der Waals surface area contributed by atoms with Gasteiger partial charge in [0, 0.05) is 11.5 Å². The van der Waals surface area contributed by atoms with E-state index in [4.69, 9.17) is 4.74 Å². The highest BCUT2D eigenvalue weighted by atomic mass is 16.5. The number of fused-ring (bicyclic) bond motifs is 16. The van der Waals surface area contributed by atoms with Gasteiger partial charge in [0.2, 0.25) is 0 Å². The topological polar surface area (TPSA) is 9.23 Å². The Morgan fingerprint density at radius 2 is 0.889 bits per heavy atom. The van der Waals surface area contributed by atoms with Crippen LogP contribution in [-0.4, -0.2) is 6.10 Å². The lowest BCUT2D eigenvalue weighted by Gasteiger charge is -2.20. The molecule has 0 saturated heterocycles. The van der Waals surface area contributed by atoms with Gasteiger partial charge < -0.3 is 4.74 Å². The second kappa shape index (κ2) is 13.2. The third kappa shape index (κ3) is 5.24. The predicted octanol–water partition coefficient (Wildman–Crippen LogP) is 16.7. The summed E-state index contributed by atoms with van der Waals surface area (Å²) in [6, 6.07) is 74.2. The lowest BCUT2D eigenvalue weighted by Crippen LogP contribution is -2.17. The van der Waals surface area contributed by atoms with Gasteiger partial charge in [-0.05, 0) is 156 Å². The molecule has 1 nitrogen and oxygen atoms in total. The molecule has 2 atom stereocenters. The van der Waals surface area contributed by atoms with E-state index in [1.165, 1.54) is 125 Å². The van der Waals surface area contributed by atoms with Crippen molar-refractivity contribution in [2.45, 2.75) is 12.0 Å². The largest absolute Gasteiger partial charge is 0.485 e. The van der Waals surface area contributed by atoms with Crippen LogP contribution in [0.1, 0.15) is 17.0 Å². The average Bonchev–Trinajstić information content (AvgIpc) is 3.72. The molecule has 1 aliphatic heterocycles. The lowest BCUT2D eigenvalue weighted by molar-refractivity contribution is 0.270. The standard InChI is InChI=1S/C62H38O/c1-3-11-47-37(9-1)25-28-52-49-13-5-6-14-50(49)57(36-58(47)52)45-27-30-54-53-29-26-43(34-59(53)63-60(54)35-45)41-20-21-42-32-44(23-22-40(42)31-41)56-33-46-24-19-39-18-17-38-10-2-4-12-48(38)61(39)62(46)55-16-8-7-15-51(55)56/h1-36,54,60H. The molecular formula is C62H38O. The van der Waals surface area contributed by atoms with Gasteiger partial charge in [-0.1, -0.05) is 182 Å². The van der Waals surface area contributed by atoms with Crippen molar-refractivity contribution in [1.82, 2.24) is 0 Å². The summed E-state index contributed by atoms with van der Waals surface area (Å²) in [6.45, 7) is 0. The molecule has 1 heteroatoms. The minimum atomic E-state index is -0.0588. The zero-order chi connectivity index (χ0) is 41.2. The van der Waals surface area contributed by atoms with Crippen molar-refractivity contribution in [3.8, 4) is 28.0 Å². The molecule has 0 aromatic heterocycles. The molecule has 12 aromatic carbocycles. The molecule has 0 fully saturated rings. The summed E-state index contributed by atoms with van der Waals surface area (Å²) in [4.78, 5) is 0. The smallest absolute Gasteiger partial charge is 0.128 e. The van der Waals surface area contributed by atoms with Crippen LogP contribution in [0.25, 0.3) is 114 Å². The normalized spacial score (nSPS) is 15.8. The van der Waals surface area contributed by atoms with Crippen LogP contribution >= 0.6 is 0 Å². The summed E-state index contributed by atoms with van der Waals surface area (Å²) in [6.07, 6.45) is 6.95. The Labute approximate surface area is 364 Å². The number of rotatable bonds is 3. The minimum absolute atomic E-state index is 0.0588. The molecule has 0 N–H and O–H groups in total. The SMILES string of the molecule is C1=CC2c3ccc(-c4ccc5cc(-c6cc7ccc8ccc9ccccc9c8c7c7ccccc67)ccc5c4)cc3OC2C=C1c1cc2c3ccccc3ccc2c2ccccc12. The van der Waals surface area contributed by atoms with Gasteiger partial charge in [0.05, 0.1) is 0 Å². The first-order chi connectivity index (χ1) is 31.2. The first kappa shape index (κ1) is 34.7. The molecule has 0 saturated carbocycles. The number of benzene rings is 12. The van der Waals surface area contributed by atoms with Crippen molar-refractivity contribution < 1.29 is 4.74 Å². The number of hydrogen-bond acceptors (Lipinski definition) is 1. The second-order valence-corrected chi connectivity index (χ2v) is 17.5. The highest BCUT2D eigenvalue weighted by Gasteiger charge is 2.34. The van der Waals surface area contributed by atoms with Crippen molar-refractivity contribution in [2.24, 2.45) is 0 Å². The minimum Gasteiger partial charge on any atom is -0.485 e. The van der Waals surface area contributed by atoms with Crippen LogP contribution in [0.3, 0.4) is 0 Å². The van der Waals surface area contributed by atoms with Gasteiger partial charge in [-0.3, -0.25) is 0 Å². The van der Waals surface area contributed by atoms with Crippen LogP contribution in [0, 0.1) is 0 Å². The summed E-state index contributed by atoms with van der Waals surface area (Å²) in [5.41, 5.74) is 8.55. The Morgan fingerprint density at radius 1 is 0.333 bits per heavy atom. The number of hydrogen-bond donors (Lipinski definition) is 0. The van der Waals surface area contributed by atoms with Gasteiger partial charge in [-0.2, -0.15) is 0 Å². The van der Waals surface area contributed by atoms with E-state index < -0.39 is 0 Å². The summed E-state index contributed by atoms with van der Waals surface area (Å²) in [5, 5.41) is 20.5. The van der Waals surface area contributed by atoms with Crippen LogP contribution in [-0.2, 0) is 0 Å². The van der Waals surface area contributed by atoms with E-state index in [0.29, 0.717) is 0 Å². The molecule has 2 unspecified atom stereocenters. The average molecular weight is 799 g/mol. The van der Waals surface area contributed by atoms with Gasteiger partial charge in [0.15, 0.2) is 0 Å². The molecule has 0 bridgehead atoms. The molecule has 292 valence electrons. The first-order valence-corrected chi connectivity index (χ1v) is 22.0. The van der Waals surface area contributed by atoms with Crippen LogP contribution in [0.2, 0.25) is 0 Å². The van der Waals surface area contributed by atoms with Crippen molar-refractivity contribution in [3.63, 3.8) is 0 Å². The Bertz CT molecular complexity index is 4020. The highest BCUT2D eigenvalue weighted by Crippen LogP contribution is 2.47. The third-order valence-corrected chi connectivity index (χ3v) is 14.1. The molecule has 12 aromatic rings. The van der Waals surface area contributed by atoms with E-state index in [1.807, 2.05) is 0 Å². The maximum absolute atomic E-state index is 6.83. The van der Waals surface area contributed by atoms with Crippen molar-refractivity contribution in [2.75, 3.05) is 0 Å². The van der Waals surface area contributed by atoms with Crippen LogP contribution in [0.4, 0.5) is 0 Å². The van der Waals surface area contributed by atoms with Gasteiger partial charge in [0.1, 0.15) is 11.9 Å². The van der Waals surface area contributed by atoms with Crippen molar-refractivity contribution >= 4 is 91.8 Å². The summed E-state index contributed by atoms with van der Waals surface area (Å²) in [7, 11) is 0. The molecule has 2 aliphatic rings. The Hall–Kier alpha value is -8.00. The molecule has 0 amide bonds.